The maximum Gasteiger partial charge on any atom is 0.136 e. The highest BCUT2D eigenvalue weighted by Gasteiger charge is 2.36. The molecule has 3 aromatic heterocycles. The summed E-state index contributed by atoms with van der Waals surface area (Å²) in [5, 5.41) is 7.65. The van der Waals surface area contributed by atoms with Crippen LogP contribution < -0.4 is 0 Å². The molecule has 0 bridgehead atoms. The SMILES string of the molecule is CC1(C)c2ccccc2-c2cc3c(cc21)c1cccc2c4c5c(ccc4n3c12)oc1ccccc15. The molecule has 0 radical (unpaired) electrons. The quantitative estimate of drug-likeness (QED) is 0.227. The number of hydrogen-bond acceptors (Lipinski definition) is 1. The predicted octanol–water partition coefficient (Wildman–Crippen LogP) is 9.04. The Labute approximate surface area is 201 Å². The zero-order valence-electron chi connectivity index (χ0n) is 19.5. The normalized spacial score (nSPS) is 14.8. The lowest BCUT2D eigenvalue weighted by Crippen LogP contribution is -2.14. The molecule has 0 N–H and O–H groups in total. The summed E-state index contributed by atoms with van der Waals surface area (Å²) in [7, 11) is 0. The Bertz CT molecular complexity index is 2190. The third-order valence-corrected chi connectivity index (χ3v) is 8.52. The van der Waals surface area contributed by atoms with Crippen molar-refractivity contribution in [3.05, 3.63) is 102 Å². The van der Waals surface area contributed by atoms with Crippen LogP contribution in [0.25, 0.3) is 71.2 Å². The highest BCUT2D eigenvalue weighted by atomic mass is 16.3. The van der Waals surface area contributed by atoms with Crippen LogP contribution in [-0.2, 0) is 5.41 Å². The third-order valence-electron chi connectivity index (χ3n) is 8.52. The molecule has 0 amide bonds. The molecule has 0 atom stereocenters. The average molecular weight is 448 g/mol. The number of aromatic nitrogens is 1. The van der Waals surface area contributed by atoms with Crippen LogP contribution in [0.4, 0.5) is 0 Å². The Morgan fingerprint density at radius 1 is 0.571 bits per heavy atom. The lowest BCUT2D eigenvalue weighted by molar-refractivity contribution is 0.661. The second kappa shape index (κ2) is 5.67. The van der Waals surface area contributed by atoms with Gasteiger partial charge >= 0.3 is 0 Å². The maximum atomic E-state index is 6.25. The summed E-state index contributed by atoms with van der Waals surface area (Å²) in [5.41, 5.74) is 11.3. The van der Waals surface area contributed by atoms with Crippen molar-refractivity contribution in [2.75, 3.05) is 0 Å². The molecule has 0 saturated carbocycles. The van der Waals surface area contributed by atoms with Crippen molar-refractivity contribution in [1.82, 2.24) is 4.40 Å². The standard InChI is InChI=1S/C33H21NO/c1-33(2)24-12-5-3-8-18(24)22-17-27-23(16-25(22)33)19-10-7-11-21-30-26(34(27)32(19)21)14-15-29-31(30)20-9-4-6-13-28(20)35-29/h3-17H,1-2H3. The maximum absolute atomic E-state index is 6.25. The van der Waals surface area contributed by atoms with Gasteiger partial charge in [0.2, 0.25) is 0 Å². The minimum Gasteiger partial charge on any atom is -0.456 e. The summed E-state index contributed by atoms with van der Waals surface area (Å²) in [4.78, 5) is 0. The van der Waals surface area contributed by atoms with Crippen LogP contribution in [-0.4, -0.2) is 4.40 Å². The molecule has 0 spiro atoms. The van der Waals surface area contributed by atoms with Gasteiger partial charge in [0.1, 0.15) is 11.2 Å². The fourth-order valence-electron chi connectivity index (χ4n) is 6.98. The molecule has 2 heteroatoms. The Morgan fingerprint density at radius 3 is 2.31 bits per heavy atom. The van der Waals surface area contributed by atoms with E-state index in [1.54, 1.807) is 0 Å². The van der Waals surface area contributed by atoms with Crippen molar-refractivity contribution in [2.45, 2.75) is 19.3 Å². The smallest absolute Gasteiger partial charge is 0.136 e. The molecule has 1 aliphatic carbocycles. The fraction of sp³-hybridized carbons (Fsp3) is 0.0909. The van der Waals surface area contributed by atoms with Crippen molar-refractivity contribution in [3.63, 3.8) is 0 Å². The van der Waals surface area contributed by atoms with E-state index in [-0.39, 0.29) is 5.41 Å². The molecule has 3 heterocycles. The van der Waals surface area contributed by atoms with Crippen molar-refractivity contribution in [1.29, 1.82) is 0 Å². The van der Waals surface area contributed by atoms with Gasteiger partial charge in [0.15, 0.2) is 0 Å². The summed E-state index contributed by atoms with van der Waals surface area (Å²) < 4.78 is 8.74. The van der Waals surface area contributed by atoms with Crippen molar-refractivity contribution in [2.24, 2.45) is 0 Å². The Hall–Kier alpha value is -4.30. The Balaban J connectivity index is 1.53. The van der Waals surface area contributed by atoms with Crippen molar-refractivity contribution >= 4 is 60.0 Å². The van der Waals surface area contributed by atoms with E-state index >= 15 is 0 Å². The molecule has 9 rings (SSSR count). The minimum absolute atomic E-state index is 0.00392. The van der Waals surface area contributed by atoms with Gasteiger partial charge < -0.3 is 8.82 Å². The second-order valence-corrected chi connectivity index (χ2v) is 10.6. The van der Waals surface area contributed by atoms with Gasteiger partial charge in [0.05, 0.1) is 16.6 Å². The molecule has 8 aromatic rings. The molecule has 2 nitrogen and oxygen atoms in total. The Kier molecular flexibility index (Phi) is 2.93. The van der Waals surface area contributed by atoms with E-state index in [2.05, 4.69) is 103 Å². The van der Waals surface area contributed by atoms with E-state index in [1.807, 2.05) is 6.07 Å². The Morgan fingerprint density at radius 2 is 1.37 bits per heavy atom. The van der Waals surface area contributed by atoms with Gasteiger partial charge in [-0.1, -0.05) is 74.5 Å². The molecule has 164 valence electrons. The number of rotatable bonds is 0. The minimum atomic E-state index is -0.00392. The van der Waals surface area contributed by atoms with Crippen LogP contribution in [0.5, 0.6) is 0 Å². The number of fused-ring (bicyclic) bond motifs is 13. The lowest BCUT2D eigenvalue weighted by Gasteiger charge is -2.21. The van der Waals surface area contributed by atoms with Gasteiger partial charge in [-0.15, -0.1) is 0 Å². The molecule has 0 aliphatic heterocycles. The highest BCUT2D eigenvalue weighted by molar-refractivity contribution is 6.32. The van der Waals surface area contributed by atoms with Gasteiger partial charge in [-0.25, -0.2) is 0 Å². The lowest BCUT2D eigenvalue weighted by atomic mass is 9.82. The first-order valence-electron chi connectivity index (χ1n) is 12.3. The van der Waals surface area contributed by atoms with Crippen LogP contribution in [0.15, 0.2) is 95.4 Å². The van der Waals surface area contributed by atoms with Gasteiger partial charge in [0, 0.05) is 37.7 Å². The molecular formula is C33H21NO. The number of benzene rings is 5. The molecule has 0 saturated heterocycles. The number of furan rings is 1. The first kappa shape index (κ1) is 18.1. The van der Waals surface area contributed by atoms with E-state index in [4.69, 9.17) is 4.42 Å². The monoisotopic (exact) mass is 447 g/mol. The zero-order valence-corrected chi connectivity index (χ0v) is 19.5. The van der Waals surface area contributed by atoms with E-state index < -0.39 is 0 Å². The molecule has 0 unspecified atom stereocenters. The van der Waals surface area contributed by atoms with E-state index in [9.17, 15) is 0 Å². The molecular weight excluding hydrogens is 426 g/mol. The molecule has 5 aromatic carbocycles. The second-order valence-electron chi connectivity index (χ2n) is 10.6. The van der Waals surface area contributed by atoms with Crippen LogP contribution >= 0.6 is 0 Å². The summed E-state index contributed by atoms with van der Waals surface area (Å²) in [5.74, 6) is 0. The third kappa shape index (κ3) is 1.93. The van der Waals surface area contributed by atoms with Crippen molar-refractivity contribution in [3.8, 4) is 11.1 Å². The largest absolute Gasteiger partial charge is 0.456 e. The molecule has 1 aliphatic rings. The van der Waals surface area contributed by atoms with Crippen molar-refractivity contribution < 1.29 is 4.42 Å². The predicted molar refractivity (Wildman–Crippen MR) is 146 cm³/mol. The van der Waals surface area contributed by atoms with E-state index in [0.717, 1.165) is 11.2 Å². The number of para-hydroxylation sites is 2. The van der Waals surface area contributed by atoms with Crippen LogP contribution in [0.2, 0.25) is 0 Å². The van der Waals surface area contributed by atoms with Gasteiger partial charge in [-0.2, -0.15) is 0 Å². The van der Waals surface area contributed by atoms with E-state index in [1.165, 1.54) is 71.1 Å². The molecule has 35 heavy (non-hydrogen) atoms. The summed E-state index contributed by atoms with van der Waals surface area (Å²) in [6.45, 7) is 4.71. The highest BCUT2D eigenvalue weighted by Crippen LogP contribution is 2.52. The summed E-state index contributed by atoms with van der Waals surface area (Å²) in [6.07, 6.45) is 0. The topological polar surface area (TPSA) is 17.6 Å². The van der Waals surface area contributed by atoms with Crippen LogP contribution in [0.3, 0.4) is 0 Å². The first-order valence-corrected chi connectivity index (χ1v) is 12.3. The average Bonchev–Trinajstić information content (AvgIpc) is 3.58. The zero-order chi connectivity index (χ0) is 23.1. The van der Waals surface area contributed by atoms with Crippen LogP contribution in [0.1, 0.15) is 25.0 Å². The number of nitrogens with zero attached hydrogens (tertiary/aromatic N) is 1. The van der Waals surface area contributed by atoms with Gasteiger partial charge in [-0.05, 0) is 52.6 Å². The van der Waals surface area contributed by atoms with E-state index in [0.29, 0.717) is 0 Å². The first-order chi connectivity index (χ1) is 17.1. The summed E-state index contributed by atoms with van der Waals surface area (Å²) in [6, 6.07) is 33.3. The van der Waals surface area contributed by atoms with Gasteiger partial charge in [0.25, 0.3) is 0 Å². The summed E-state index contributed by atoms with van der Waals surface area (Å²) >= 11 is 0. The fourth-order valence-corrected chi connectivity index (χ4v) is 6.98. The van der Waals surface area contributed by atoms with Crippen LogP contribution in [0, 0.1) is 0 Å². The molecule has 0 fully saturated rings. The number of hydrogen-bond donors (Lipinski definition) is 0. The van der Waals surface area contributed by atoms with Gasteiger partial charge in [-0.3, -0.25) is 0 Å².